The summed E-state index contributed by atoms with van der Waals surface area (Å²) in [5.74, 6) is -0.867. The summed E-state index contributed by atoms with van der Waals surface area (Å²) in [5.41, 5.74) is 3.43. The number of ketones is 2. The lowest BCUT2D eigenvalue weighted by Gasteiger charge is -2.62. The lowest BCUT2D eigenvalue weighted by molar-refractivity contribution is -0.231. The molecule has 232 valence electrons. The van der Waals surface area contributed by atoms with Crippen LogP contribution in [0.15, 0.2) is 77.2 Å². The number of aliphatic hydroxyl groups excluding tert-OH is 2. The van der Waals surface area contributed by atoms with Crippen LogP contribution in [-0.4, -0.2) is 51.9 Å². The van der Waals surface area contributed by atoms with Crippen LogP contribution >= 0.6 is 11.8 Å². The number of fused-ring (bicyclic) bond motifs is 7. The van der Waals surface area contributed by atoms with E-state index < -0.39 is 58.9 Å². The fourth-order valence-electron chi connectivity index (χ4n) is 9.25. The van der Waals surface area contributed by atoms with Gasteiger partial charge in [-0.05, 0) is 80.5 Å². The van der Waals surface area contributed by atoms with Gasteiger partial charge in [-0.3, -0.25) is 9.59 Å². The van der Waals surface area contributed by atoms with Crippen LogP contribution in [0.2, 0.25) is 0 Å². The van der Waals surface area contributed by atoms with Gasteiger partial charge in [-0.2, -0.15) is 0 Å². The lowest BCUT2D eigenvalue weighted by Crippen LogP contribution is -2.69. The van der Waals surface area contributed by atoms with Gasteiger partial charge in [-0.15, -0.1) is 11.8 Å². The molecule has 7 nitrogen and oxygen atoms in total. The van der Waals surface area contributed by atoms with Crippen LogP contribution in [-0.2, 0) is 24.8 Å². The Labute approximate surface area is 260 Å². The number of thioether (sulfide) groups is 1. The van der Waals surface area contributed by atoms with Crippen molar-refractivity contribution in [2.75, 3.05) is 12.3 Å². The number of allylic oxidation sites excluding steroid dienone is 4. The molecule has 0 spiro atoms. The number of hydrogen-bond acceptors (Lipinski definition) is 8. The van der Waals surface area contributed by atoms with Crippen LogP contribution in [0.25, 0.3) is 0 Å². The maximum absolute atomic E-state index is 17.6. The van der Waals surface area contributed by atoms with Crippen LogP contribution < -0.4 is 5.73 Å². The quantitative estimate of drug-likeness (QED) is 0.296. The average Bonchev–Trinajstić information content (AvgIpc) is 3.51. The molecule has 1 heterocycles. The maximum atomic E-state index is 17.6. The normalized spacial score (nSPS) is 40.5. The Morgan fingerprint density at radius 3 is 2.68 bits per heavy atom. The molecule has 4 aliphatic carbocycles. The molecule has 2 aromatic carbocycles. The van der Waals surface area contributed by atoms with Crippen molar-refractivity contribution in [1.82, 2.24) is 0 Å². The number of aliphatic hydroxyl groups is 2. The van der Waals surface area contributed by atoms with Gasteiger partial charge >= 0.3 is 0 Å². The molecule has 0 radical (unpaired) electrons. The van der Waals surface area contributed by atoms with E-state index in [4.69, 9.17) is 15.2 Å². The van der Waals surface area contributed by atoms with E-state index in [9.17, 15) is 19.8 Å². The van der Waals surface area contributed by atoms with Crippen molar-refractivity contribution < 1.29 is 33.7 Å². The summed E-state index contributed by atoms with van der Waals surface area (Å²) in [4.78, 5) is 26.9. The molecular weight excluding hydrogens is 581 g/mol. The largest absolute Gasteiger partial charge is 0.399 e. The summed E-state index contributed by atoms with van der Waals surface area (Å²) >= 11 is 1.66. The molecule has 4 N–H and O–H groups in total. The molecule has 0 unspecified atom stereocenters. The second kappa shape index (κ2) is 10.4. The van der Waals surface area contributed by atoms with E-state index in [1.165, 1.54) is 12.2 Å². The van der Waals surface area contributed by atoms with Crippen molar-refractivity contribution in [3.8, 4) is 0 Å². The van der Waals surface area contributed by atoms with E-state index in [-0.39, 0.29) is 18.1 Å². The zero-order valence-electron chi connectivity index (χ0n) is 24.9. The number of carbonyl (C=O) groups excluding carboxylic acids is 2. The SMILES string of the molecule is C[C@]12C=CC(=O)C=C1CC[C@H]1[C@@H]3C[C@H]4O[C@@H](c5cccc(SCc6ccc(N)cc6)c5)O[C@@]4(C(=O)CO)[C@@]3(C)C[C@H](O)[C@@]12F. The van der Waals surface area contributed by atoms with Gasteiger partial charge in [0, 0.05) is 38.6 Å². The second-order valence-electron chi connectivity index (χ2n) is 13.5. The third kappa shape index (κ3) is 4.02. The third-order valence-electron chi connectivity index (χ3n) is 11.5. The monoisotopic (exact) mass is 619 g/mol. The van der Waals surface area contributed by atoms with Crippen LogP contribution in [0.5, 0.6) is 0 Å². The summed E-state index contributed by atoms with van der Waals surface area (Å²) < 4.78 is 30.8. The van der Waals surface area contributed by atoms with Crippen LogP contribution in [0.3, 0.4) is 0 Å². The number of nitrogen functional groups attached to an aromatic ring is 1. The summed E-state index contributed by atoms with van der Waals surface area (Å²) in [7, 11) is 0. The Balaban J connectivity index is 1.19. The number of rotatable bonds is 6. The maximum Gasteiger partial charge on any atom is 0.193 e. The minimum absolute atomic E-state index is 0.0366. The van der Waals surface area contributed by atoms with Gasteiger partial charge in [0.2, 0.25) is 0 Å². The van der Waals surface area contributed by atoms with Crippen molar-refractivity contribution in [3.05, 3.63) is 83.5 Å². The van der Waals surface area contributed by atoms with E-state index in [0.717, 1.165) is 21.8 Å². The minimum Gasteiger partial charge on any atom is -0.399 e. The molecular formula is C35H38FNO6S. The van der Waals surface area contributed by atoms with E-state index in [1.54, 1.807) is 24.8 Å². The van der Waals surface area contributed by atoms with Gasteiger partial charge in [0.1, 0.15) is 6.61 Å². The van der Waals surface area contributed by atoms with E-state index in [2.05, 4.69) is 0 Å². The standard InChI is InChI=1S/C35H38FNO6S/c1-32-13-12-24(39)15-22(32)8-11-26-27-16-30-35(29(41)18-38,33(27,2)17-28(40)34(26,32)36)43-31(42-30)21-4-3-5-25(14-21)44-19-20-6-9-23(37)10-7-20/h3-7,9-10,12-15,26-28,30-31,38,40H,8,11,16-19,37H2,1-2H3/t26-,27-,28-,30+,31+,32-,33-,34-,35+/m0/s1. The predicted molar refractivity (Wildman–Crippen MR) is 164 cm³/mol. The highest BCUT2D eigenvalue weighted by Crippen LogP contribution is 2.72. The Morgan fingerprint density at radius 1 is 1.16 bits per heavy atom. The molecule has 9 heteroatoms. The average molecular weight is 620 g/mol. The topological polar surface area (TPSA) is 119 Å². The van der Waals surface area contributed by atoms with Crippen molar-refractivity contribution >= 4 is 29.0 Å². The van der Waals surface area contributed by atoms with E-state index in [0.29, 0.717) is 30.5 Å². The van der Waals surface area contributed by atoms with Crippen molar-refractivity contribution in [3.63, 3.8) is 0 Å². The molecule has 4 fully saturated rings. The van der Waals surface area contributed by atoms with Crippen molar-refractivity contribution in [1.29, 1.82) is 0 Å². The molecule has 1 saturated heterocycles. The molecule has 44 heavy (non-hydrogen) atoms. The number of anilines is 1. The van der Waals surface area contributed by atoms with E-state index in [1.807, 2.05) is 55.5 Å². The first-order chi connectivity index (χ1) is 21.0. The van der Waals surface area contributed by atoms with Gasteiger partial charge in [0.15, 0.2) is 29.1 Å². The van der Waals surface area contributed by atoms with Gasteiger partial charge in [0.25, 0.3) is 0 Å². The van der Waals surface area contributed by atoms with Crippen LogP contribution in [0.1, 0.15) is 56.9 Å². The molecule has 0 amide bonds. The Hall–Kier alpha value is -2.82. The Morgan fingerprint density at radius 2 is 1.93 bits per heavy atom. The number of nitrogens with two attached hydrogens (primary N) is 1. The number of hydrogen-bond donors (Lipinski definition) is 3. The van der Waals surface area contributed by atoms with Crippen molar-refractivity contribution in [2.24, 2.45) is 22.7 Å². The number of halogens is 1. The zero-order chi connectivity index (χ0) is 31.1. The Kier molecular flexibility index (Phi) is 7.03. The molecule has 3 saturated carbocycles. The summed E-state index contributed by atoms with van der Waals surface area (Å²) in [6, 6.07) is 15.6. The van der Waals surface area contributed by atoms with Gasteiger partial charge in [0.05, 0.1) is 12.2 Å². The highest BCUT2D eigenvalue weighted by Gasteiger charge is 2.79. The van der Waals surface area contributed by atoms with Crippen LogP contribution in [0, 0.1) is 22.7 Å². The number of carbonyl (C=O) groups is 2. The molecule has 0 aromatic heterocycles. The fourth-order valence-corrected chi connectivity index (χ4v) is 10.2. The van der Waals surface area contributed by atoms with Gasteiger partial charge in [-0.25, -0.2) is 4.39 Å². The molecule has 7 rings (SSSR count). The number of Topliss-reactive ketones (excluding diaryl/α,β-unsaturated/α-hetero) is 1. The smallest absolute Gasteiger partial charge is 0.193 e. The predicted octanol–water partition coefficient (Wildman–Crippen LogP) is 5.26. The molecule has 9 atom stereocenters. The summed E-state index contributed by atoms with van der Waals surface area (Å²) in [6.07, 6.45) is 2.83. The lowest BCUT2D eigenvalue weighted by atomic mass is 9.44. The summed E-state index contributed by atoms with van der Waals surface area (Å²) in [6.45, 7) is 2.92. The van der Waals surface area contributed by atoms with Gasteiger partial charge in [-0.1, -0.05) is 42.8 Å². The first-order valence-electron chi connectivity index (χ1n) is 15.3. The molecule has 5 aliphatic rings. The minimum atomic E-state index is -2.03. The second-order valence-corrected chi connectivity index (χ2v) is 14.5. The molecule has 2 aromatic rings. The third-order valence-corrected chi connectivity index (χ3v) is 12.5. The van der Waals surface area contributed by atoms with Gasteiger partial charge < -0.3 is 25.4 Å². The zero-order valence-corrected chi connectivity index (χ0v) is 25.7. The van der Waals surface area contributed by atoms with E-state index >= 15 is 4.39 Å². The number of benzene rings is 2. The first-order valence-corrected chi connectivity index (χ1v) is 16.3. The summed E-state index contributed by atoms with van der Waals surface area (Å²) in [5, 5.41) is 21.9. The Bertz CT molecular complexity index is 1580. The first kappa shape index (κ1) is 29.9. The molecule has 1 aliphatic heterocycles. The van der Waals surface area contributed by atoms with Crippen molar-refractivity contribution in [2.45, 2.75) is 79.9 Å². The fraction of sp³-hybridized carbons (Fsp3) is 0.486. The van der Waals surface area contributed by atoms with Crippen LogP contribution in [0.4, 0.5) is 10.1 Å². The highest BCUT2D eigenvalue weighted by molar-refractivity contribution is 7.98. The highest BCUT2D eigenvalue weighted by atomic mass is 32.2. The molecule has 0 bridgehead atoms. The number of alkyl halides is 1. The number of ether oxygens (including phenoxy) is 2.